The van der Waals surface area contributed by atoms with Gasteiger partial charge in [0.05, 0.1) is 5.41 Å². The van der Waals surface area contributed by atoms with Gasteiger partial charge in [0.1, 0.15) is 6.04 Å². The van der Waals surface area contributed by atoms with Crippen LogP contribution in [0, 0.1) is 5.41 Å². The van der Waals surface area contributed by atoms with Crippen molar-refractivity contribution in [1.29, 1.82) is 0 Å². The first-order chi connectivity index (χ1) is 10.3. The number of carbonyl (C=O) groups excluding carboxylic acids is 2. The molecule has 2 rings (SSSR count). The Hall–Kier alpha value is -1.89. The number of benzene rings is 1. The van der Waals surface area contributed by atoms with E-state index in [1.165, 1.54) is 0 Å². The average molecular weight is 369 g/mol. The highest BCUT2D eigenvalue weighted by atomic mass is 79.9. The second kappa shape index (κ2) is 6.48. The molecule has 7 heteroatoms. The molecule has 0 aromatic heterocycles. The lowest BCUT2D eigenvalue weighted by Gasteiger charge is -2.37. The molecule has 1 atom stereocenters. The summed E-state index contributed by atoms with van der Waals surface area (Å²) in [5.41, 5.74) is 4.90. The van der Waals surface area contributed by atoms with Gasteiger partial charge in [-0.25, -0.2) is 0 Å². The Morgan fingerprint density at radius 1 is 1.36 bits per heavy atom. The zero-order chi connectivity index (χ0) is 16.3. The van der Waals surface area contributed by atoms with Crippen molar-refractivity contribution >= 4 is 33.7 Å². The average Bonchev–Trinajstić information content (AvgIpc) is 2.39. The number of aliphatic carboxylic acids is 1. The number of hydrogen-bond donors (Lipinski definition) is 3. The van der Waals surface area contributed by atoms with Crippen LogP contribution in [-0.2, 0) is 14.4 Å². The lowest BCUT2D eigenvalue weighted by Crippen LogP contribution is -2.45. The van der Waals surface area contributed by atoms with E-state index in [1.807, 2.05) is 0 Å². The molecule has 22 heavy (non-hydrogen) atoms. The van der Waals surface area contributed by atoms with Crippen LogP contribution in [0.4, 0.5) is 0 Å². The Morgan fingerprint density at radius 3 is 2.50 bits per heavy atom. The molecule has 1 unspecified atom stereocenters. The Bertz CT molecular complexity index is 613. The fourth-order valence-electron chi connectivity index (χ4n) is 2.59. The lowest BCUT2D eigenvalue weighted by molar-refractivity contribution is -0.157. The molecule has 1 aromatic rings. The molecule has 0 aliphatic heterocycles. The first kappa shape index (κ1) is 16.5. The highest BCUT2D eigenvalue weighted by Gasteiger charge is 2.46. The number of carbonyl (C=O) groups is 3. The van der Waals surface area contributed by atoms with Gasteiger partial charge in [-0.2, -0.15) is 0 Å². The van der Waals surface area contributed by atoms with E-state index in [9.17, 15) is 19.5 Å². The van der Waals surface area contributed by atoms with Gasteiger partial charge in [-0.1, -0.05) is 34.5 Å². The van der Waals surface area contributed by atoms with Gasteiger partial charge in [0.2, 0.25) is 11.8 Å². The molecular formula is C15H17BrN2O4. The minimum absolute atomic E-state index is 0.139. The topological polar surface area (TPSA) is 109 Å². The highest BCUT2D eigenvalue weighted by molar-refractivity contribution is 9.10. The van der Waals surface area contributed by atoms with Crippen LogP contribution >= 0.6 is 15.9 Å². The third kappa shape index (κ3) is 3.47. The van der Waals surface area contributed by atoms with E-state index in [-0.39, 0.29) is 6.42 Å². The summed E-state index contributed by atoms with van der Waals surface area (Å²) in [6, 6.07) is 5.91. The molecule has 1 fully saturated rings. The van der Waals surface area contributed by atoms with E-state index >= 15 is 0 Å². The third-order valence-electron chi connectivity index (χ3n) is 4.04. The van der Waals surface area contributed by atoms with Crippen LogP contribution in [0.15, 0.2) is 28.7 Å². The minimum atomic E-state index is -0.996. The molecule has 4 N–H and O–H groups in total. The Labute approximate surface area is 136 Å². The molecule has 0 saturated heterocycles. The highest BCUT2D eigenvalue weighted by Crippen LogP contribution is 2.44. The molecule has 1 aliphatic rings. The summed E-state index contributed by atoms with van der Waals surface area (Å²) < 4.78 is 0.756. The zero-order valence-corrected chi connectivity index (χ0v) is 13.4. The van der Waals surface area contributed by atoms with E-state index in [1.54, 1.807) is 24.3 Å². The van der Waals surface area contributed by atoms with Gasteiger partial charge in [0, 0.05) is 10.9 Å². The molecule has 0 bridgehead atoms. The SMILES string of the molecule is NC(=O)C(NC(=O)CC1(C(=O)O)CCC1)c1cccc(Br)c1. The van der Waals surface area contributed by atoms with Crippen LogP contribution in [0.1, 0.15) is 37.3 Å². The summed E-state index contributed by atoms with van der Waals surface area (Å²) >= 11 is 3.29. The number of nitrogens with one attached hydrogen (secondary N) is 1. The van der Waals surface area contributed by atoms with Crippen LogP contribution in [0.3, 0.4) is 0 Å². The maximum absolute atomic E-state index is 12.1. The fourth-order valence-corrected chi connectivity index (χ4v) is 3.01. The van der Waals surface area contributed by atoms with Gasteiger partial charge >= 0.3 is 5.97 Å². The van der Waals surface area contributed by atoms with Crippen molar-refractivity contribution in [2.45, 2.75) is 31.7 Å². The number of primary amides is 1. The maximum Gasteiger partial charge on any atom is 0.310 e. The van der Waals surface area contributed by atoms with Gasteiger partial charge in [-0.15, -0.1) is 0 Å². The molecule has 0 spiro atoms. The van der Waals surface area contributed by atoms with Crippen LogP contribution in [0.5, 0.6) is 0 Å². The molecule has 1 aliphatic carbocycles. The Morgan fingerprint density at radius 2 is 2.05 bits per heavy atom. The van der Waals surface area contributed by atoms with Crippen molar-refractivity contribution < 1.29 is 19.5 Å². The van der Waals surface area contributed by atoms with Crippen molar-refractivity contribution in [3.05, 3.63) is 34.3 Å². The largest absolute Gasteiger partial charge is 0.481 e. The number of carboxylic acid groups (broad SMARTS) is 1. The molecule has 2 amide bonds. The van der Waals surface area contributed by atoms with Gasteiger partial charge < -0.3 is 16.2 Å². The van der Waals surface area contributed by atoms with Gasteiger partial charge in [-0.05, 0) is 30.5 Å². The normalized spacial score (nSPS) is 17.1. The number of hydrogen-bond acceptors (Lipinski definition) is 3. The molecule has 0 heterocycles. The monoisotopic (exact) mass is 368 g/mol. The predicted octanol–water partition coefficient (Wildman–Crippen LogP) is 1.74. The van der Waals surface area contributed by atoms with Crippen LogP contribution < -0.4 is 11.1 Å². The minimum Gasteiger partial charge on any atom is -0.481 e. The summed E-state index contributed by atoms with van der Waals surface area (Å²) in [6.45, 7) is 0. The van der Waals surface area contributed by atoms with Crippen molar-refractivity contribution in [2.75, 3.05) is 0 Å². The number of nitrogens with two attached hydrogens (primary N) is 1. The zero-order valence-electron chi connectivity index (χ0n) is 11.8. The molecule has 6 nitrogen and oxygen atoms in total. The van der Waals surface area contributed by atoms with Crippen molar-refractivity contribution in [1.82, 2.24) is 5.32 Å². The number of halogens is 1. The Kier molecular flexibility index (Phi) is 4.85. The summed E-state index contributed by atoms with van der Waals surface area (Å²) in [5.74, 6) is -2.14. The van der Waals surface area contributed by atoms with Crippen molar-refractivity contribution in [3.8, 4) is 0 Å². The summed E-state index contributed by atoms with van der Waals surface area (Å²) in [6.07, 6.45) is 1.62. The van der Waals surface area contributed by atoms with Crippen LogP contribution in [-0.4, -0.2) is 22.9 Å². The Balaban J connectivity index is 2.10. The van der Waals surface area contributed by atoms with E-state index < -0.39 is 29.2 Å². The standard InChI is InChI=1S/C15H17BrN2O4/c16-10-4-1-3-9(7-10)12(13(17)20)18-11(19)8-15(14(21)22)5-2-6-15/h1,3-4,7,12H,2,5-6,8H2,(H2,17,20)(H,18,19)(H,21,22). The van der Waals surface area contributed by atoms with Crippen LogP contribution in [0.25, 0.3) is 0 Å². The van der Waals surface area contributed by atoms with Crippen molar-refractivity contribution in [3.63, 3.8) is 0 Å². The van der Waals surface area contributed by atoms with Crippen LogP contribution in [0.2, 0.25) is 0 Å². The van der Waals surface area contributed by atoms with E-state index in [0.29, 0.717) is 18.4 Å². The lowest BCUT2D eigenvalue weighted by atomic mass is 9.66. The molecule has 0 radical (unpaired) electrons. The maximum atomic E-state index is 12.1. The summed E-state index contributed by atoms with van der Waals surface area (Å²) in [5, 5.41) is 11.8. The first-order valence-corrected chi connectivity index (χ1v) is 7.71. The second-order valence-electron chi connectivity index (χ2n) is 5.57. The first-order valence-electron chi connectivity index (χ1n) is 6.92. The molecule has 1 saturated carbocycles. The quantitative estimate of drug-likeness (QED) is 0.710. The fraction of sp³-hybridized carbons (Fsp3) is 0.400. The van der Waals surface area contributed by atoms with Gasteiger partial charge in [0.15, 0.2) is 0 Å². The van der Waals surface area contributed by atoms with Gasteiger partial charge in [0.25, 0.3) is 0 Å². The van der Waals surface area contributed by atoms with Crippen molar-refractivity contribution in [2.24, 2.45) is 11.1 Å². The summed E-state index contributed by atoms with van der Waals surface area (Å²) in [4.78, 5) is 35.0. The molecular weight excluding hydrogens is 352 g/mol. The molecule has 1 aromatic carbocycles. The molecule has 118 valence electrons. The third-order valence-corrected chi connectivity index (χ3v) is 4.53. The smallest absolute Gasteiger partial charge is 0.310 e. The van der Waals surface area contributed by atoms with E-state index in [0.717, 1.165) is 10.9 Å². The van der Waals surface area contributed by atoms with E-state index in [4.69, 9.17) is 5.73 Å². The number of carboxylic acids is 1. The summed E-state index contributed by atoms with van der Waals surface area (Å²) in [7, 11) is 0. The number of rotatable bonds is 6. The van der Waals surface area contributed by atoms with Gasteiger partial charge in [-0.3, -0.25) is 14.4 Å². The predicted molar refractivity (Wildman–Crippen MR) is 82.8 cm³/mol. The second-order valence-corrected chi connectivity index (χ2v) is 6.49. The number of amides is 2. The van der Waals surface area contributed by atoms with E-state index in [2.05, 4.69) is 21.2 Å².